The number of hydrogen-bond acceptors (Lipinski definition) is 19. The minimum Gasteiger partial charge on any atom is -0.480 e. The van der Waals surface area contributed by atoms with Gasteiger partial charge >= 0.3 is 41.8 Å². The summed E-state index contributed by atoms with van der Waals surface area (Å²) in [5.41, 5.74) is 5.17. The van der Waals surface area contributed by atoms with Crippen LogP contribution in [0.1, 0.15) is 95.9 Å². The van der Waals surface area contributed by atoms with E-state index < -0.39 is 99.8 Å². The zero-order valence-corrected chi connectivity index (χ0v) is 65.0. The predicted molar refractivity (Wildman–Crippen MR) is 446 cm³/mol. The molecule has 4 aromatic carbocycles. The number of carbonyl (C=O) groups is 12. The maximum absolute atomic E-state index is 12.6. The van der Waals surface area contributed by atoms with Gasteiger partial charge in [-0.25, -0.2) is 33.6 Å². The third-order valence-corrected chi connectivity index (χ3v) is 22.4. The van der Waals surface area contributed by atoms with Gasteiger partial charge in [0.25, 0.3) is 5.91 Å². The molecule has 3 fully saturated rings. The highest BCUT2D eigenvalue weighted by atomic mass is 32.2. The molecule has 32 heteroatoms. The summed E-state index contributed by atoms with van der Waals surface area (Å²) in [6, 6.07) is 31.7. The summed E-state index contributed by atoms with van der Waals surface area (Å²) >= 11 is 5.14. The summed E-state index contributed by atoms with van der Waals surface area (Å²) in [4.78, 5) is 153. The van der Waals surface area contributed by atoms with E-state index in [0.717, 1.165) is 67.2 Å². The second-order valence-corrected chi connectivity index (χ2v) is 30.8. The van der Waals surface area contributed by atoms with Crippen molar-refractivity contribution >= 4 is 130 Å². The van der Waals surface area contributed by atoms with Gasteiger partial charge in [0, 0.05) is 23.0 Å². The Hall–Kier alpha value is -11.1. The molecule has 1 saturated heterocycles. The molecule has 28 nitrogen and oxygen atoms in total. The molecule has 11 rings (SSSR count). The van der Waals surface area contributed by atoms with Gasteiger partial charge in [-0.3, -0.25) is 38.9 Å². The van der Waals surface area contributed by atoms with Crippen LogP contribution in [-0.2, 0) is 83.2 Å². The number of unbranched alkanes of at least 4 members (excludes halogenated alkanes) is 1. The Bertz CT molecular complexity index is 4430. The number of carboxylic acid groups (broad SMARTS) is 7. The van der Waals surface area contributed by atoms with Crippen LogP contribution in [0, 0.1) is 11.8 Å². The average molecular weight is 1660 g/mol. The number of amides is 5. The maximum atomic E-state index is 12.6. The Morgan fingerprint density at radius 2 is 0.887 bits per heavy atom. The van der Waals surface area contributed by atoms with Crippen molar-refractivity contribution < 1.29 is 98.8 Å². The predicted octanol–water partition coefficient (Wildman–Crippen LogP) is 9.12. The molecular formula is C83H98N8O20S4. The summed E-state index contributed by atoms with van der Waals surface area (Å²) in [5, 5.41) is 76.7. The topological polar surface area (TPSA) is 466 Å². The number of aliphatic carboxylic acids is 7. The molecule has 0 aromatic heterocycles. The number of allylic oxidation sites excluding steroid dienone is 10. The first kappa shape index (κ1) is 94.5. The van der Waals surface area contributed by atoms with Crippen LogP contribution in [0.3, 0.4) is 0 Å². The summed E-state index contributed by atoms with van der Waals surface area (Å²) in [6.45, 7) is 4.00. The lowest BCUT2D eigenvalue weighted by molar-refractivity contribution is -0.150. The van der Waals surface area contributed by atoms with Gasteiger partial charge in [-0.1, -0.05) is 217 Å². The number of benzene rings is 4. The van der Waals surface area contributed by atoms with Gasteiger partial charge in [-0.05, 0) is 94.9 Å². The van der Waals surface area contributed by atoms with Crippen LogP contribution in [-0.4, -0.2) is 198 Å². The number of hydrogen-bond donors (Lipinski definition) is 12. The zero-order chi connectivity index (χ0) is 80.8. The summed E-state index contributed by atoms with van der Waals surface area (Å²) < 4.78 is 0. The third-order valence-electron chi connectivity index (χ3n) is 17.5. The molecule has 8 unspecified atom stereocenters. The van der Waals surface area contributed by atoms with E-state index in [9.17, 15) is 93.3 Å². The Labute approximate surface area is 683 Å². The first-order valence-electron chi connectivity index (χ1n) is 36.0. The van der Waals surface area contributed by atoms with Crippen LogP contribution < -0.4 is 26.6 Å². The van der Waals surface area contributed by atoms with Crippen molar-refractivity contribution in [2.75, 3.05) is 23.0 Å². The first-order chi connectivity index (χ1) is 53.8. The number of carbonyl (C=O) groups excluding carboxylic acids is 5. The number of nitrogens with zero attached hydrogens (tertiary/aromatic N) is 3. The van der Waals surface area contributed by atoms with Crippen LogP contribution in [0.15, 0.2) is 226 Å². The monoisotopic (exact) mass is 1650 g/mol. The van der Waals surface area contributed by atoms with Crippen molar-refractivity contribution in [3.8, 4) is 0 Å². The van der Waals surface area contributed by atoms with Crippen LogP contribution in [0.25, 0.3) is 0 Å². The number of carboxylic acids is 7. The standard InChI is InChI=1S/C21H24N2O5S.2C20H22N2O5S.C20H20N2O4S.2CH4.H2O/c1-2-3-4-8-11-15-13-29-19(23-17(15)20(25)26)18(21(27)28)22-16(24)12-14-9-6-5-7-10-14;23-15(10-13-4-2-1-3-5-13)21-17(20(26)27)18-22-16(19(24)25)14(11-28-18)9-8-12-6-7-12;1-2-3-5-10-14-12-28-18(22-16(14)19(24)25)17(20(26)27)21-15(23)11-13-8-6-4-7-9-13;23-15(10-13-4-2-1-3-5-13)21-16-18(24)22-17(20(25)26)14(11-27-19(16)22)9-8-12-6-7-12;;;/h4-11,18-19H,2-3,12-13H2,1H3,(H,22,24)(H,25,26)(H,27,28);1-5,8-9,12,17-18,22H,6-7,10-11H2,(H,21,23)(H,24,25)(H,26,27);3-10,17-18H,2,11-12H2,1H3,(H,21,23)(H,24,25)(H,26,27);1-5,8-9,12,16,19H,6-7,10-11H2,(H,21,23)(H,25,26);2*1H4;1H2/b8-4+,15-11+;9-8+;5-3+,14-10+;9-8+;;;. The van der Waals surface area contributed by atoms with E-state index in [1.807, 2.05) is 92.8 Å². The molecule has 5 heterocycles. The SMILES string of the molecule is C.C.CC/C=C/C=C1\CSC(C(NC(=O)Cc2ccccc2)C(=O)O)N=C1C(=O)O.CCC/C=C/C=C1\CSC(C(NC(=O)Cc2ccccc2)C(=O)O)N=C1C(=O)O.O.O=C(Cc1ccccc1)NC(C(=O)O)C1NC(C(=O)O)=C(/C=C/C2CC2)CS1.O=C(Cc1ccccc1)NC1C(=O)N2C(C(=O)O)=C(/C=C/C3CC3)CSC12. The normalized spacial score (nSPS) is 20.2. The Morgan fingerprint density at radius 3 is 1.26 bits per heavy atom. The third kappa shape index (κ3) is 29.7. The zero-order valence-electron chi connectivity index (χ0n) is 61.7. The highest BCUT2D eigenvalue weighted by Gasteiger charge is 2.54. The Balaban J connectivity index is 0.000000271. The molecule has 0 bridgehead atoms. The molecular weight excluding hydrogens is 1560 g/mol. The highest BCUT2D eigenvalue weighted by Crippen LogP contribution is 2.42. The van der Waals surface area contributed by atoms with E-state index in [1.54, 1.807) is 103 Å². The largest absolute Gasteiger partial charge is 0.480 e. The molecule has 8 atom stereocenters. The van der Waals surface area contributed by atoms with Crippen molar-refractivity contribution in [1.82, 2.24) is 31.5 Å². The minimum absolute atomic E-state index is 0. The lowest BCUT2D eigenvalue weighted by Crippen LogP contribution is -2.70. The molecule has 115 heavy (non-hydrogen) atoms. The molecule has 0 radical (unpaired) electrons. The molecule has 5 amide bonds. The van der Waals surface area contributed by atoms with Crippen molar-refractivity contribution in [2.45, 2.75) is 145 Å². The van der Waals surface area contributed by atoms with Gasteiger partial charge < -0.3 is 67.8 Å². The van der Waals surface area contributed by atoms with E-state index in [-0.39, 0.29) is 86.0 Å². The molecule has 7 aliphatic rings. The van der Waals surface area contributed by atoms with Gasteiger partial charge in [0.2, 0.25) is 23.6 Å². The molecule has 614 valence electrons. The molecule has 2 saturated carbocycles. The highest BCUT2D eigenvalue weighted by molar-refractivity contribution is 8.01. The van der Waals surface area contributed by atoms with Crippen molar-refractivity contribution in [3.05, 3.63) is 238 Å². The van der Waals surface area contributed by atoms with Crippen LogP contribution in [0.5, 0.6) is 0 Å². The van der Waals surface area contributed by atoms with E-state index >= 15 is 0 Å². The lowest BCUT2D eigenvalue weighted by Gasteiger charge is -2.49. The van der Waals surface area contributed by atoms with Gasteiger partial charge in [-0.15, -0.1) is 47.0 Å². The lowest BCUT2D eigenvalue weighted by atomic mass is 10.0. The average Bonchev–Trinajstić information content (AvgIpc) is 1.29. The smallest absolute Gasteiger partial charge is 0.354 e. The summed E-state index contributed by atoms with van der Waals surface area (Å²) in [5.74, 6) is -7.83. The quantitative estimate of drug-likeness (QED) is 0.0209. The van der Waals surface area contributed by atoms with E-state index in [4.69, 9.17) is 0 Å². The first-order valence-corrected chi connectivity index (χ1v) is 40.2. The Morgan fingerprint density at radius 1 is 0.496 bits per heavy atom. The Kier molecular flexibility index (Phi) is 39.1. The van der Waals surface area contributed by atoms with Gasteiger partial charge in [0.1, 0.15) is 50.4 Å². The number of rotatable bonds is 31. The maximum Gasteiger partial charge on any atom is 0.354 e. The van der Waals surface area contributed by atoms with Crippen molar-refractivity contribution in [2.24, 2.45) is 21.8 Å². The number of thioether (sulfide) groups is 4. The molecule has 14 N–H and O–H groups in total. The number of aliphatic imine (C=N–C) groups is 2. The van der Waals surface area contributed by atoms with E-state index in [0.29, 0.717) is 57.1 Å². The van der Waals surface area contributed by atoms with Crippen molar-refractivity contribution in [3.63, 3.8) is 0 Å². The van der Waals surface area contributed by atoms with Gasteiger partial charge in [-0.2, -0.15) is 0 Å². The van der Waals surface area contributed by atoms with Crippen LogP contribution >= 0.6 is 47.0 Å². The number of β-lactam (4-membered cyclic amide) rings is 1. The van der Waals surface area contributed by atoms with Gasteiger partial charge in [0.05, 0.1) is 25.7 Å². The van der Waals surface area contributed by atoms with Gasteiger partial charge in [0.15, 0.2) is 18.1 Å². The molecule has 4 aromatic rings. The van der Waals surface area contributed by atoms with Crippen LogP contribution in [0.4, 0.5) is 0 Å². The summed E-state index contributed by atoms with van der Waals surface area (Å²) in [7, 11) is 0. The second-order valence-electron chi connectivity index (χ2n) is 26.3. The number of nitrogens with one attached hydrogen (secondary N) is 5. The van der Waals surface area contributed by atoms with Crippen molar-refractivity contribution in [1.29, 1.82) is 0 Å². The van der Waals surface area contributed by atoms with Crippen LogP contribution in [0.2, 0.25) is 0 Å². The summed E-state index contributed by atoms with van der Waals surface area (Å²) in [6.07, 6.45) is 25.9. The van der Waals surface area contributed by atoms with E-state index in [2.05, 4.69) is 36.6 Å². The fraction of sp³-hybridized carbons (Fsp3) is 0.349. The number of fused-ring (bicyclic) bond motifs is 1. The fourth-order valence-corrected chi connectivity index (χ4v) is 16.2. The molecule has 5 aliphatic heterocycles. The van der Waals surface area contributed by atoms with E-state index in [1.165, 1.54) is 51.9 Å². The molecule has 2 aliphatic carbocycles. The second kappa shape index (κ2) is 47.6. The minimum atomic E-state index is -1.32. The fourth-order valence-electron chi connectivity index (χ4n) is 11.4. The molecule has 0 spiro atoms.